The van der Waals surface area contributed by atoms with E-state index < -0.39 is 11.8 Å². The maximum atomic E-state index is 12.7. The van der Waals surface area contributed by atoms with Gasteiger partial charge in [0.1, 0.15) is 0 Å². The number of hydrogen-bond donors (Lipinski definition) is 3. The number of fused-ring (bicyclic) bond motifs is 1. The lowest BCUT2D eigenvalue weighted by Gasteiger charge is -2.15. The molecule has 8 nitrogen and oxygen atoms in total. The predicted molar refractivity (Wildman–Crippen MR) is 124 cm³/mol. The van der Waals surface area contributed by atoms with E-state index >= 15 is 0 Å². The number of carbonyl (C=O) groups excluding carboxylic acids is 4. The van der Waals surface area contributed by atoms with Crippen molar-refractivity contribution in [1.82, 2.24) is 5.32 Å². The maximum absolute atomic E-state index is 12.7. The maximum Gasteiger partial charge on any atom is 0.319 e. The number of nitrogens with zero attached hydrogens (tertiary/aromatic N) is 1. The molecule has 0 unspecified atom stereocenters. The van der Waals surface area contributed by atoms with Crippen LogP contribution in [0.5, 0.6) is 0 Å². The SMILES string of the molecule is O=C(Nc1ccc(C(=O)Nc2cccc(N3C(=O)c4ccccc4C3=O)c2)cc1)NC1CC1. The molecule has 0 aromatic heterocycles. The van der Waals surface area contributed by atoms with Gasteiger partial charge < -0.3 is 16.0 Å². The molecule has 3 aromatic rings. The van der Waals surface area contributed by atoms with E-state index in [4.69, 9.17) is 0 Å². The minimum absolute atomic E-state index is 0.256. The lowest BCUT2D eigenvalue weighted by Crippen LogP contribution is -2.30. The second-order valence-corrected chi connectivity index (χ2v) is 7.95. The number of hydrogen-bond acceptors (Lipinski definition) is 4. The minimum Gasteiger partial charge on any atom is -0.335 e. The Hall–Kier alpha value is -4.46. The van der Waals surface area contributed by atoms with Gasteiger partial charge in [-0.2, -0.15) is 0 Å². The van der Waals surface area contributed by atoms with Crippen LogP contribution >= 0.6 is 0 Å². The topological polar surface area (TPSA) is 108 Å². The number of rotatable bonds is 5. The Kier molecular flexibility index (Phi) is 5.10. The largest absolute Gasteiger partial charge is 0.335 e. The number of urea groups is 1. The van der Waals surface area contributed by atoms with Gasteiger partial charge in [0.2, 0.25) is 0 Å². The highest BCUT2D eigenvalue weighted by atomic mass is 16.2. The summed E-state index contributed by atoms with van der Waals surface area (Å²) < 4.78 is 0. The number of benzene rings is 3. The summed E-state index contributed by atoms with van der Waals surface area (Å²) in [5.41, 5.74) is 2.51. The van der Waals surface area contributed by atoms with E-state index in [1.807, 2.05) is 0 Å². The molecule has 1 fully saturated rings. The van der Waals surface area contributed by atoms with E-state index in [9.17, 15) is 19.2 Å². The predicted octanol–water partition coefficient (Wildman–Crippen LogP) is 4.02. The summed E-state index contributed by atoms with van der Waals surface area (Å²) in [5, 5.41) is 8.34. The van der Waals surface area contributed by atoms with Gasteiger partial charge in [0.25, 0.3) is 17.7 Å². The Balaban J connectivity index is 1.27. The van der Waals surface area contributed by atoms with Gasteiger partial charge in [-0.3, -0.25) is 14.4 Å². The Morgan fingerprint density at radius 2 is 1.42 bits per heavy atom. The van der Waals surface area contributed by atoms with Crippen molar-refractivity contribution in [2.75, 3.05) is 15.5 Å². The molecule has 0 bridgehead atoms. The average molecular weight is 440 g/mol. The number of carbonyl (C=O) groups is 4. The fourth-order valence-corrected chi connectivity index (χ4v) is 3.63. The quantitative estimate of drug-likeness (QED) is 0.521. The molecule has 8 heteroatoms. The van der Waals surface area contributed by atoms with Gasteiger partial charge in [0, 0.05) is 23.0 Å². The first kappa shape index (κ1) is 20.4. The van der Waals surface area contributed by atoms with Crippen LogP contribution in [0.25, 0.3) is 0 Å². The van der Waals surface area contributed by atoms with E-state index in [0.717, 1.165) is 17.7 Å². The van der Waals surface area contributed by atoms with Gasteiger partial charge in [0.15, 0.2) is 0 Å². The molecule has 1 heterocycles. The summed E-state index contributed by atoms with van der Waals surface area (Å²) >= 11 is 0. The molecule has 3 N–H and O–H groups in total. The summed E-state index contributed by atoms with van der Waals surface area (Å²) in [6, 6.07) is 19.7. The zero-order chi connectivity index (χ0) is 22.9. The smallest absolute Gasteiger partial charge is 0.319 e. The van der Waals surface area contributed by atoms with Crippen LogP contribution in [-0.2, 0) is 0 Å². The fraction of sp³-hybridized carbons (Fsp3) is 0.120. The van der Waals surface area contributed by atoms with Gasteiger partial charge >= 0.3 is 6.03 Å². The third kappa shape index (κ3) is 4.18. The molecule has 3 aromatic carbocycles. The third-order valence-corrected chi connectivity index (χ3v) is 5.47. The Morgan fingerprint density at radius 3 is 2.06 bits per heavy atom. The Labute approximate surface area is 189 Å². The van der Waals surface area contributed by atoms with Gasteiger partial charge in [-0.15, -0.1) is 0 Å². The minimum atomic E-state index is -0.395. The highest BCUT2D eigenvalue weighted by Crippen LogP contribution is 2.30. The van der Waals surface area contributed by atoms with Gasteiger partial charge in [-0.1, -0.05) is 18.2 Å². The molecule has 0 radical (unpaired) electrons. The second-order valence-electron chi connectivity index (χ2n) is 7.95. The summed E-state index contributed by atoms with van der Waals surface area (Å²) in [4.78, 5) is 51.0. The molecule has 1 aliphatic heterocycles. The average Bonchev–Trinajstić information content (AvgIpc) is 3.59. The van der Waals surface area contributed by atoms with Crippen LogP contribution in [0.4, 0.5) is 21.9 Å². The number of amides is 5. The van der Waals surface area contributed by atoms with Crippen LogP contribution in [0.15, 0.2) is 72.8 Å². The molecule has 2 aliphatic rings. The molecule has 33 heavy (non-hydrogen) atoms. The molecule has 0 spiro atoms. The molecule has 5 amide bonds. The molecule has 0 atom stereocenters. The zero-order valence-electron chi connectivity index (χ0n) is 17.5. The standard InChI is InChI=1S/C25H20N4O4/c30-22(15-8-10-16(11-9-15)27-25(33)28-17-12-13-17)26-18-4-3-5-19(14-18)29-23(31)20-6-1-2-7-21(20)24(29)32/h1-11,14,17H,12-13H2,(H,26,30)(H2,27,28,33). The van der Waals surface area contributed by atoms with Crippen LogP contribution in [0.2, 0.25) is 0 Å². The van der Waals surface area contributed by atoms with Crippen molar-refractivity contribution < 1.29 is 19.2 Å². The summed E-state index contributed by atoms with van der Waals surface area (Å²) in [5.74, 6) is -1.15. The van der Waals surface area contributed by atoms with E-state index in [-0.39, 0.29) is 18.0 Å². The molecule has 5 rings (SSSR count). The molecule has 1 aliphatic carbocycles. The second kappa shape index (κ2) is 8.23. The van der Waals surface area contributed by atoms with E-state index in [2.05, 4.69) is 16.0 Å². The van der Waals surface area contributed by atoms with E-state index in [1.54, 1.807) is 72.8 Å². The van der Waals surface area contributed by atoms with Crippen LogP contribution in [-0.4, -0.2) is 29.8 Å². The first-order valence-corrected chi connectivity index (χ1v) is 10.6. The van der Waals surface area contributed by atoms with Crippen molar-refractivity contribution in [3.8, 4) is 0 Å². The van der Waals surface area contributed by atoms with E-state index in [0.29, 0.717) is 33.8 Å². The summed E-state index contributed by atoms with van der Waals surface area (Å²) in [6.07, 6.45) is 2.00. The first-order valence-electron chi connectivity index (χ1n) is 10.6. The molecular weight excluding hydrogens is 420 g/mol. The molecular formula is C25H20N4O4. The Morgan fingerprint density at radius 1 is 0.758 bits per heavy atom. The summed E-state index contributed by atoms with van der Waals surface area (Å²) in [7, 11) is 0. The van der Waals surface area contributed by atoms with Gasteiger partial charge in [-0.25, -0.2) is 9.69 Å². The normalized spacial score (nSPS) is 14.6. The monoisotopic (exact) mass is 440 g/mol. The van der Waals surface area contributed by atoms with Crippen molar-refractivity contribution >= 4 is 40.8 Å². The highest BCUT2D eigenvalue weighted by Gasteiger charge is 2.36. The van der Waals surface area contributed by atoms with Crippen molar-refractivity contribution in [3.63, 3.8) is 0 Å². The van der Waals surface area contributed by atoms with Crippen molar-refractivity contribution in [1.29, 1.82) is 0 Å². The number of imide groups is 1. The van der Waals surface area contributed by atoms with Crippen molar-refractivity contribution in [2.24, 2.45) is 0 Å². The van der Waals surface area contributed by atoms with Crippen LogP contribution in [0.1, 0.15) is 43.9 Å². The van der Waals surface area contributed by atoms with Gasteiger partial charge in [-0.05, 0) is 67.4 Å². The van der Waals surface area contributed by atoms with Crippen LogP contribution in [0, 0.1) is 0 Å². The Bertz CT molecular complexity index is 1250. The first-order chi connectivity index (χ1) is 16.0. The van der Waals surface area contributed by atoms with Crippen molar-refractivity contribution in [2.45, 2.75) is 18.9 Å². The van der Waals surface area contributed by atoms with Crippen molar-refractivity contribution in [3.05, 3.63) is 89.5 Å². The molecule has 164 valence electrons. The van der Waals surface area contributed by atoms with Crippen LogP contribution < -0.4 is 20.9 Å². The number of anilines is 3. The highest BCUT2D eigenvalue weighted by molar-refractivity contribution is 6.34. The number of nitrogens with one attached hydrogen (secondary N) is 3. The van der Waals surface area contributed by atoms with E-state index in [1.165, 1.54) is 0 Å². The molecule has 1 saturated carbocycles. The zero-order valence-corrected chi connectivity index (χ0v) is 17.5. The fourth-order valence-electron chi connectivity index (χ4n) is 3.63. The summed E-state index contributed by atoms with van der Waals surface area (Å²) in [6.45, 7) is 0. The lowest BCUT2D eigenvalue weighted by molar-refractivity contribution is 0.0925. The third-order valence-electron chi connectivity index (χ3n) is 5.47. The van der Waals surface area contributed by atoms with Gasteiger partial charge in [0.05, 0.1) is 16.8 Å². The molecule has 0 saturated heterocycles. The lowest BCUT2D eigenvalue weighted by atomic mass is 10.1. The van der Waals surface area contributed by atoms with Crippen LogP contribution in [0.3, 0.4) is 0 Å².